The van der Waals surface area contributed by atoms with Gasteiger partial charge in [-0.2, -0.15) is 0 Å². The summed E-state index contributed by atoms with van der Waals surface area (Å²) in [6.07, 6.45) is 0. The molecule has 0 saturated heterocycles. The van der Waals surface area contributed by atoms with E-state index in [4.69, 9.17) is 9.40 Å². The van der Waals surface area contributed by atoms with Crippen LogP contribution in [-0.4, -0.2) is 9.55 Å². The van der Waals surface area contributed by atoms with Gasteiger partial charge >= 0.3 is 0 Å². The Hall–Kier alpha value is -3.85. The summed E-state index contributed by atoms with van der Waals surface area (Å²) in [5.41, 5.74) is 9.05. The third-order valence-corrected chi connectivity index (χ3v) is 6.35. The molecule has 0 N–H and O–H groups in total. The van der Waals surface area contributed by atoms with Crippen molar-refractivity contribution in [1.29, 1.82) is 0 Å². The molecule has 2 aromatic heterocycles. The van der Waals surface area contributed by atoms with Gasteiger partial charge in [-0.15, -0.1) is 0 Å². The summed E-state index contributed by atoms with van der Waals surface area (Å²) < 4.78 is 8.49. The van der Waals surface area contributed by atoms with Crippen LogP contribution in [0.4, 0.5) is 0 Å². The molecule has 0 aliphatic carbocycles. The molecule has 142 valence electrons. The molecule has 3 nitrogen and oxygen atoms in total. The molecule has 1 atom stereocenters. The van der Waals surface area contributed by atoms with E-state index in [1.807, 2.05) is 12.1 Å². The minimum absolute atomic E-state index is 0.102. The Kier molecular flexibility index (Phi) is 2.99. The number of imidazole rings is 1. The lowest BCUT2D eigenvalue weighted by molar-refractivity contribution is 0.665. The lowest BCUT2D eigenvalue weighted by Crippen LogP contribution is -2.01. The molecule has 3 heterocycles. The summed E-state index contributed by atoms with van der Waals surface area (Å²) >= 11 is 0. The molecule has 0 fully saturated rings. The number of aryl methyl sites for hydroxylation is 1. The van der Waals surface area contributed by atoms with Gasteiger partial charge in [0.05, 0.1) is 22.6 Å². The first-order valence-corrected chi connectivity index (χ1v) is 10.3. The molecule has 30 heavy (non-hydrogen) atoms. The zero-order valence-electron chi connectivity index (χ0n) is 16.5. The maximum Gasteiger partial charge on any atom is 0.138 e. The Labute approximate surface area is 173 Å². The van der Waals surface area contributed by atoms with Crippen molar-refractivity contribution in [2.75, 3.05) is 0 Å². The van der Waals surface area contributed by atoms with E-state index in [1.165, 1.54) is 22.2 Å². The molecule has 0 amide bonds. The quantitative estimate of drug-likeness (QED) is 0.313. The highest BCUT2D eigenvalue weighted by Crippen LogP contribution is 2.45. The minimum atomic E-state index is 0.102. The average Bonchev–Trinajstić information content (AvgIpc) is 3.42. The third kappa shape index (κ3) is 1.97. The summed E-state index contributed by atoms with van der Waals surface area (Å²) in [6.45, 7) is 2.14. The molecule has 1 aliphatic heterocycles. The molecule has 0 radical (unpaired) electrons. The number of rotatable bonds is 1. The van der Waals surface area contributed by atoms with Gasteiger partial charge in [-0.3, -0.25) is 4.57 Å². The fraction of sp³-hybridized carbons (Fsp3) is 0.0741. The molecule has 0 saturated carbocycles. The molecule has 0 spiro atoms. The molecule has 4 aromatic carbocycles. The van der Waals surface area contributed by atoms with Crippen LogP contribution in [0.1, 0.15) is 28.4 Å². The molecule has 0 bridgehead atoms. The van der Waals surface area contributed by atoms with Gasteiger partial charge in [-0.1, -0.05) is 54.6 Å². The number of furan rings is 1. The first kappa shape index (κ1) is 16.0. The van der Waals surface area contributed by atoms with Crippen LogP contribution < -0.4 is 0 Å². The van der Waals surface area contributed by atoms with Gasteiger partial charge in [0, 0.05) is 10.8 Å². The van der Waals surface area contributed by atoms with Gasteiger partial charge < -0.3 is 4.42 Å². The summed E-state index contributed by atoms with van der Waals surface area (Å²) in [7, 11) is 0. The standard InChI is InChI=1S/C27H18N2O/c1-16-14-17(15-20-18-8-3-7-13-24(18)30-26(16)20)25-19-9-2-5-11-22(19)29-23-12-6-4-10-21(23)28-27(25)29/h2-15,25H,1H3. The zero-order valence-corrected chi connectivity index (χ0v) is 16.5. The number of para-hydroxylation sites is 4. The predicted octanol–water partition coefficient (Wildman–Crippen LogP) is 6.73. The van der Waals surface area contributed by atoms with E-state index in [0.717, 1.165) is 39.0 Å². The fourth-order valence-electron chi connectivity index (χ4n) is 5.09. The summed E-state index contributed by atoms with van der Waals surface area (Å²) in [5, 5.41) is 2.34. The smallest absolute Gasteiger partial charge is 0.138 e. The SMILES string of the molecule is Cc1cc(C2c3ccccc3-n3c2nc2ccccc23)cc2c1oc1ccccc12. The van der Waals surface area contributed by atoms with Crippen LogP contribution in [0.5, 0.6) is 0 Å². The normalized spacial score (nSPS) is 15.2. The second-order valence-corrected chi connectivity index (χ2v) is 8.10. The average molecular weight is 386 g/mol. The van der Waals surface area contributed by atoms with Crippen LogP contribution in [0, 0.1) is 6.92 Å². The van der Waals surface area contributed by atoms with Crippen molar-refractivity contribution in [3.05, 3.63) is 107 Å². The van der Waals surface area contributed by atoms with Crippen molar-refractivity contribution < 1.29 is 4.42 Å². The first-order valence-electron chi connectivity index (χ1n) is 10.3. The van der Waals surface area contributed by atoms with Crippen molar-refractivity contribution in [2.45, 2.75) is 12.8 Å². The monoisotopic (exact) mass is 386 g/mol. The van der Waals surface area contributed by atoms with E-state index >= 15 is 0 Å². The largest absolute Gasteiger partial charge is 0.456 e. The minimum Gasteiger partial charge on any atom is -0.456 e. The van der Waals surface area contributed by atoms with E-state index in [2.05, 4.69) is 84.3 Å². The van der Waals surface area contributed by atoms with Gasteiger partial charge in [-0.05, 0) is 53.9 Å². The van der Waals surface area contributed by atoms with Crippen LogP contribution in [-0.2, 0) is 0 Å². The topological polar surface area (TPSA) is 31.0 Å². The maximum atomic E-state index is 6.17. The number of hydrogen-bond donors (Lipinski definition) is 0. The van der Waals surface area contributed by atoms with Gasteiger partial charge in [0.15, 0.2) is 0 Å². The van der Waals surface area contributed by atoms with Gasteiger partial charge in [0.1, 0.15) is 17.0 Å². The van der Waals surface area contributed by atoms with Crippen molar-refractivity contribution in [3.63, 3.8) is 0 Å². The van der Waals surface area contributed by atoms with Crippen molar-refractivity contribution in [2.24, 2.45) is 0 Å². The van der Waals surface area contributed by atoms with Crippen LogP contribution in [0.15, 0.2) is 89.3 Å². The molecular formula is C27H18N2O. The Balaban J connectivity index is 1.57. The Morgan fingerprint density at radius 2 is 1.63 bits per heavy atom. The number of fused-ring (bicyclic) bond motifs is 8. The summed E-state index contributed by atoms with van der Waals surface area (Å²) in [5.74, 6) is 1.19. The fourth-order valence-corrected chi connectivity index (χ4v) is 5.09. The highest BCUT2D eigenvalue weighted by molar-refractivity contribution is 6.06. The van der Waals surface area contributed by atoms with E-state index in [9.17, 15) is 0 Å². The Morgan fingerprint density at radius 3 is 2.60 bits per heavy atom. The highest BCUT2D eigenvalue weighted by atomic mass is 16.3. The second-order valence-electron chi connectivity index (χ2n) is 8.10. The van der Waals surface area contributed by atoms with Gasteiger partial charge in [0.2, 0.25) is 0 Å². The van der Waals surface area contributed by atoms with Crippen LogP contribution in [0.2, 0.25) is 0 Å². The lowest BCUT2D eigenvalue weighted by Gasteiger charge is -2.13. The van der Waals surface area contributed by atoms with Crippen LogP contribution in [0.25, 0.3) is 38.7 Å². The van der Waals surface area contributed by atoms with E-state index in [-0.39, 0.29) is 5.92 Å². The second kappa shape index (κ2) is 5.61. The van der Waals surface area contributed by atoms with E-state index < -0.39 is 0 Å². The van der Waals surface area contributed by atoms with Gasteiger partial charge in [0.25, 0.3) is 0 Å². The Bertz CT molecular complexity index is 1620. The summed E-state index contributed by atoms with van der Waals surface area (Å²) in [6, 6.07) is 29.9. The first-order chi connectivity index (χ1) is 14.8. The third-order valence-electron chi connectivity index (χ3n) is 6.35. The van der Waals surface area contributed by atoms with E-state index in [0.29, 0.717) is 0 Å². The van der Waals surface area contributed by atoms with Crippen LogP contribution >= 0.6 is 0 Å². The van der Waals surface area contributed by atoms with Crippen LogP contribution in [0.3, 0.4) is 0 Å². The summed E-state index contributed by atoms with van der Waals surface area (Å²) in [4.78, 5) is 5.07. The molecule has 3 heteroatoms. The zero-order chi connectivity index (χ0) is 19.8. The number of benzene rings is 4. The molecule has 1 aliphatic rings. The Morgan fingerprint density at radius 1 is 0.833 bits per heavy atom. The molecular weight excluding hydrogens is 368 g/mol. The molecule has 1 unspecified atom stereocenters. The van der Waals surface area contributed by atoms with Crippen molar-refractivity contribution in [3.8, 4) is 5.69 Å². The number of aromatic nitrogens is 2. The van der Waals surface area contributed by atoms with Crippen molar-refractivity contribution in [1.82, 2.24) is 9.55 Å². The molecule has 6 aromatic rings. The molecule has 7 rings (SSSR count). The van der Waals surface area contributed by atoms with Gasteiger partial charge in [-0.25, -0.2) is 4.98 Å². The van der Waals surface area contributed by atoms with E-state index in [1.54, 1.807) is 0 Å². The predicted molar refractivity (Wildman–Crippen MR) is 120 cm³/mol. The maximum absolute atomic E-state index is 6.17. The highest BCUT2D eigenvalue weighted by Gasteiger charge is 2.33. The lowest BCUT2D eigenvalue weighted by atomic mass is 9.90. The van der Waals surface area contributed by atoms with Crippen molar-refractivity contribution >= 4 is 33.0 Å². The number of hydrogen-bond acceptors (Lipinski definition) is 2. The number of nitrogens with zero attached hydrogens (tertiary/aromatic N) is 2.